The fourth-order valence-electron chi connectivity index (χ4n) is 3.35. The number of hydrogen-bond acceptors (Lipinski definition) is 0. The van der Waals surface area contributed by atoms with Crippen molar-refractivity contribution in [2.45, 2.75) is 117 Å². The molecule has 0 aromatic carbocycles. The molecule has 0 spiro atoms. The van der Waals surface area contributed by atoms with E-state index in [1.54, 1.807) is 0 Å². The zero-order chi connectivity index (χ0) is 17.2. The first kappa shape index (κ1) is 23.9. The molecule has 0 aliphatic heterocycles. The van der Waals surface area contributed by atoms with Crippen molar-refractivity contribution in [3.8, 4) is 0 Å². The SMILES string of the molecule is CCCCCCCP(=[Se])(CCCCCCC)CCCCCCC. The summed E-state index contributed by atoms with van der Waals surface area (Å²) in [7, 11) is 0. The molecule has 0 fully saturated rings. The van der Waals surface area contributed by atoms with Gasteiger partial charge in [0.2, 0.25) is 0 Å². The molecule has 0 radical (unpaired) electrons. The Labute approximate surface area is 156 Å². The summed E-state index contributed by atoms with van der Waals surface area (Å²) in [4.78, 5) is 0. The average Bonchev–Trinajstić information content (AvgIpc) is 2.54. The third kappa shape index (κ3) is 16.2. The van der Waals surface area contributed by atoms with Gasteiger partial charge in [0.1, 0.15) is 0 Å². The predicted molar refractivity (Wildman–Crippen MR) is 114 cm³/mol. The van der Waals surface area contributed by atoms with Crippen LogP contribution in [0.3, 0.4) is 0 Å². The molecule has 0 rings (SSSR count). The molecule has 0 aliphatic carbocycles. The van der Waals surface area contributed by atoms with Crippen LogP contribution in [-0.2, 0) is 0 Å². The van der Waals surface area contributed by atoms with Crippen molar-refractivity contribution in [1.29, 1.82) is 0 Å². The average molecular weight is 408 g/mol. The van der Waals surface area contributed by atoms with E-state index in [1.165, 1.54) is 115 Å². The van der Waals surface area contributed by atoms with E-state index in [1.807, 2.05) is 0 Å². The standard InChI is InChI=1S/C21H45PSe/c1-4-7-10-13-16-19-22(23,20-17-14-11-8-5-2)21-18-15-12-9-6-3/h4-21H2,1-3H3. The fraction of sp³-hybridized carbons (Fsp3) is 1.00. The summed E-state index contributed by atoms with van der Waals surface area (Å²) in [6.45, 7) is 6.95. The molecule has 0 unspecified atom stereocenters. The van der Waals surface area contributed by atoms with Gasteiger partial charge in [-0.2, -0.15) is 0 Å². The molecule has 23 heavy (non-hydrogen) atoms. The second kappa shape index (κ2) is 17.8. The quantitative estimate of drug-likeness (QED) is 0.123. The fourth-order valence-corrected chi connectivity index (χ4v) is 8.85. The van der Waals surface area contributed by atoms with Crippen molar-refractivity contribution in [3.63, 3.8) is 0 Å². The Bertz CT molecular complexity index is 232. The summed E-state index contributed by atoms with van der Waals surface area (Å²) >= 11 is 3.77. The van der Waals surface area contributed by atoms with Crippen LogP contribution in [-0.4, -0.2) is 33.6 Å². The molecular weight excluding hydrogens is 362 g/mol. The van der Waals surface area contributed by atoms with E-state index < -0.39 is 5.51 Å². The maximum absolute atomic E-state index is 3.77. The molecule has 0 atom stereocenters. The van der Waals surface area contributed by atoms with Crippen molar-refractivity contribution in [2.24, 2.45) is 0 Å². The first-order valence-corrected chi connectivity index (χ1v) is 15.3. The van der Waals surface area contributed by atoms with Gasteiger partial charge in [0.15, 0.2) is 0 Å². The Morgan fingerprint density at radius 1 is 0.435 bits per heavy atom. The van der Waals surface area contributed by atoms with Crippen molar-refractivity contribution in [1.82, 2.24) is 0 Å². The maximum atomic E-state index is 3.77. The number of unbranched alkanes of at least 4 members (excludes halogenated alkanes) is 12. The van der Waals surface area contributed by atoms with E-state index in [2.05, 4.69) is 35.9 Å². The van der Waals surface area contributed by atoms with Gasteiger partial charge in [-0.3, -0.25) is 0 Å². The van der Waals surface area contributed by atoms with Gasteiger partial charge in [-0.25, -0.2) is 0 Å². The van der Waals surface area contributed by atoms with Gasteiger partial charge in [-0.05, 0) is 0 Å². The molecule has 140 valence electrons. The molecule has 0 amide bonds. The first-order chi connectivity index (χ1) is 11.2. The molecular formula is C21H45PSe. The van der Waals surface area contributed by atoms with E-state index in [4.69, 9.17) is 0 Å². The minimum absolute atomic E-state index is 0.740. The van der Waals surface area contributed by atoms with Gasteiger partial charge in [0, 0.05) is 0 Å². The Hall–Kier alpha value is 0.949. The molecule has 0 heterocycles. The van der Waals surface area contributed by atoms with E-state index in [9.17, 15) is 0 Å². The molecule has 0 saturated carbocycles. The molecule has 0 nitrogen and oxygen atoms in total. The van der Waals surface area contributed by atoms with Crippen LogP contribution in [0.5, 0.6) is 0 Å². The Morgan fingerprint density at radius 2 is 0.696 bits per heavy atom. The molecule has 0 bridgehead atoms. The second-order valence-corrected chi connectivity index (χ2v) is 15.8. The predicted octanol–water partition coefficient (Wildman–Crippen LogP) is 8.00. The summed E-state index contributed by atoms with van der Waals surface area (Å²) in [6.07, 6.45) is 26.3. The first-order valence-electron chi connectivity index (χ1n) is 10.8. The van der Waals surface area contributed by atoms with Gasteiger partial charge in [0.25, 0.3) is 0 Å². The summed E-state index contributed by atoms with van der Waals surface area (Å²) in [5.41, 5.74) is -0.740. The van der Waals surface area contributed by atoms with E-state index in [0.717, 1.165) is 0 Å². The van der Waals surface area contributed by atoms with Crippen LogP contribution in [0.25, 0.3) is 0 Å². The van der Waals surface area contributed by atoms with Crippen LogP contribution in [0.4, 0.5) is 0 Å². The van der Waals surface area contributed by atoms with Gasteiger partial charge >= 0.3 is 156 Å². The Kier molecular flexibility index (Phi) is 18.5. The zero-order valence-electron chi connectivity index (χ0n) is 16.6. The van der Waals surface area contributed by atoms with Crippen molar-refractivity contribution in [2.75, 3.05) is 18.5 Å². The second-order valence-electron chi connectivity index (χ2n) is 7.47. The van der Waals surface area contributed by atoms with Gasteiger partial charge in [-0.15, -0.1) is 0 Å². The van der Waals surface area contributed by atoms with Crippen LogP contribution in [0.2, 0.25) is 0 Å². The summed E-state index contributed by atoms with van der Waals surface area (Å²) in [5, 5.41) is 0. The van der Waals surface area contributed by atoms with Crippen molar-refractivity contribution < 1.29 is 0 Å². The van der Waals surface area contributed by atoms with Gasteiger partial charge < -0.3 is 0 Å². The Morgan fingerprint density at radius 3 is 0.957 bits per heavy atom. The minimum atomic E-state index is -0.740. The summed E-state index contributed by atoms with van der Waals surface area (Å²) in [5.74, 6) is 0. The van der Waals surface area contributed by atoms with Crippen LogP contribution in [0.15, 0.2) is 0 Å². The van der Waals surface area contributed by atoms with Crippen LogP contribution < -0.4 is 0 Å². The zero-order valence-corrected chi connectivity index (χ0v) is 19.2. The monoisotopic (exact) mass is 408 g/mol. The van der Waals surface area contributed by atoms with E-state index in [-0.39, 0.29) is 0 Å². The summed E-state index contributed by atoms with van der Waals surface area (Å²) in [6, 6.07) is 0. The van der Waals surface area contributed by atoms with E-state index in [0.29, 0.717) is 0 Å². The molecule has 2 heteroatoms. The van der Waals surface area contributed by atoms with Gasteiger partial charge in [0.05, 0.1) is 0 Å². The number of rotatable bonds is 18. The molecule has 0 aromatic rings. The van der Waals surface area contributed by atoms with Crippen molar-refractivity contribution >= 4 is 20.6 Å². The molecule has 0 aliphatic rings. The van der Waals surface area contributed by atoms with Crippen LogP contribution in [0.1, 0.15) is 117 Å². The Balaban J connectivity index is 4.03. The third-order valence-corrected chi connectivity index (χ3v) is 11.8. The normalized spacial score (nSPS) is 12.0. The van der Waals surface area contributed by atoms with Crippen LogP contribution in [0, 0.1) is 0 Å². The van der Waals surface area contributed by atoms with Crippen molar-refractivity contribution in [3.05, 3.63) is 0 Å². The third-order valence-electron chi connectivity index (χ3n) is 5.01. The topological polar surface area (TPSA) is 0 Å². The van der Waals surface area contributed by atoms with E-state index >= 15 is 0 Å². The summed E-state index contributed by atoms with van der Waals surface area (Å²) < 4.78 is 0. The van der Waals surface area contributed by atoms with Gasteiger partial charge in [-0.1, -0.05) is 0 Å². The molecule has 0 saturated heterocycles. The molecule has 0 aromatic heterocycles. The molecule has 0 N–H and O–H groups in total. The number of hydrogen-bond donors (Lipinski definition) is 0. The van der Waals surface area contributed by atoms with Crippen LogP contribution >= 0.6 is 5.51 Å².